The number of hydrogen-bond acceptors (Lipinski definition) is 2. The van der Waals surface area contributed by atoms with Crippen molar-refractivity contribution in [2.75, 3.05) is 7.11 Å². The molecule has 1 aliphatic carbocycles. The average Bonchev–Trinajstić information content (AvgIpc) is 3.00. The summed E-state index contributed by atoms with van der Waals surface area (Å²) in [5.41, 5.74) is 5.66. The minimum atomic E-state index is 0.273. The molecule has 1 N–H and O–H groups in total. The van der Waals surface area contributed by atoms with Crippen LogP contribution in [0.2, 0.25) is 0 Å². The first kappa shape index (κ1) is 14.2. The van der Waals surface area contributed by atoms with Gasteiger partial charge in [0.1, 0.15) is 5.75 Å². The smallest absolute Gasteiger partial charge is 0.123 e. The molecule has 0 amide bonds. The van der Waals surface area contributed by atoms with Crippen LogP contribution in [0.15, 0.2) is 42.5 Å². The first-order valence-corrected chi connectivity index (χ1v) is 7.75. The topological polar surface area (TPSA) is 21.3 Å². The second-order valence-corrected chi connectivity index (χ2v) is 5.80. The molecule has 21 heavy (non-hydrogen) atoms. The Morgan fingerprint density at radius 3 is 2.76 bits per heavy atom. The van der Waals surface area contributed by atoms with Crippen molar-refractivity contribution in [1.29, 1.82) is 0 Å². The molecule has 0 unspecified atom stereocenters. The lowest BCUT2D eigenvalue weighted by molar-refractivity contribution is 0.401. The molecule has 0 fully saturated rings. The molecule has 0 aliphatic heterocycles. The van der Waals surface area contributed by atoms with E-state index in [1.54, 1.807) is 12.7 Å². The molecule has 0 spiro atoms. The number of para-hydroxylation sites is 1. The maximum Gasteiger partial charge on any atom is 0.123 e. The Morgan fingerprint density at radius 1 is 1.10 bits per heavy atom. The number of aryl methyl sites for hydroxylation is 2. The van der Waals surface area contributed by atoms with Gasteiger partial charge in [0.05, 0.1) is 7.11 Å². The Hall–Kier alpha value is -1.80. The van der Waals surface area contributed by atoms with Gasteiger partial charge in [-0.25, -0.2) is 0 Å². The van der Waals surface area contributed by atoms with Gasteiger partial charge in [-0.1, -0.05) is 36.4 Å². The Morgan fingerprint density at radius 2 is 1.90 bits per heavy atom. The van der Waals surface area contributed by atoms with Gasteiger partial charge in [-0.05, 0) is 48.9 Å². The normalized spacial score (nSPS) is 14.8. The van der Waals surface area contributed by atoms with E-state index in [4.69, 9.17) is 4.74 Å². The number of hydrogen-bond donors (Lipinski definition) is 1. The molecule has 1 atom stereocenters. The largest absolute Gasteiger partial charge is 0.496 e. The number of methoxy groups -OCH3 is 1. The highest BCUT2D eigenvalue weighted by Gasteiger charge is 2.12. The molecule has 110 valence electrons. The van der Waals surface area contributed by atoms with Gasteiger partial charge in [0.2, 0.25) is 0 Å². The molecule has 0 bridgehead atoms. The van der Waals surface area contributed by atoms with Crippen molar-refractivity contribution in [3.63, 3.8) is 0 Å². The van der Waals surface area contributed by atoms with Crippen LogP contribution in [0, 0.1) is 0 Å². The zero-order valence-electron chi connectivity index (χ0n) is 12.9. The SMILES string of the molecule is COc1ccccc1[C@@H](C)NCc1ccc2c(c1)CCC2. The van der Waals surface area contributed by atoms with E-state index in [0.29, 0.717) is 0 Å². The van der Waals surface area contributed by atoms with E-state index < -0.39 is 0 Å². The van der Waals surface area contributed by atoms with Crippen LogP contribution in [0.4, 0.5) is 0 Å². The van der Waals surface area contributed by atoms with Gasteiger partial charge in [-0.3, -0.25) is 0 Å². The molecule has 3 rings (SSSR count). The number of fused-ring (bicyclic) bond motifs is 1. The first-order valence-electron chi connectivity index (χ1n) is 7.75. The predicted octanol–water partition coefficient (Wildman–Crippen LogP) is 4.03. The number of benzene rings is 2. The van der Waals surface area contributed by atoms with E-state index in [1.165, 1.54) is 36.0 Å². The quantitative estimate of drug-likeness (QED) is 0.893. The third-order valence-electron chi connectivity index (χ3n) is 4.38. The van der Waals surface area contributed by atoms with Crippen LogP contribution in [0.25, 0.3) is 0 Å². The van der Waals surface area contributed by atoms with E-state index in [9.17, 15) is 0 Å². The van der Waals surface area contributed by atoms with Gasteiger partial charge in [0.15, 0.2) is 0 Å². The fourth-order valence-corrected chi connectivity index (χ4v) is 3.14. The van der Waals surface area contributed by atoms with Crippen molar-refractivity contribution < 1.29 is 4.74 Å². The van der Waals surface area contributed by atoms with E-state index in [1.807, 2.05) is 12.1 Å². The zero-order chi connectivity index (χ0) is 14.7. The Labute approximate surface area is 127 Å². The summed E-state index contributed by atoms with van der Waals surface area (Å²) in [6.07, 6.45) is 3.80. The van der Waals surface area contributed by atoms with Crippen molar-refractivity contribution in [2.24, 2.45) is 0 Å². The third-order valence-corrected chi connectivity index (χ3v) is 4.38. The van der Waals surface area contributed by atoms with Crippen LogP contribution in [0.5, 0.6) is 5.75 Å². The molecule has 0 saturated heterocycles. The van der Waals surface area contributed by atoms with Crippen molar-refractivity contribution in [3.05, 3.63) is 64.7 Å². The molecule has 1 aliphatic rings. The summed E-state index contributed by atoms with van der Waals surface area (Å²) < 4.78 is 5.44. The fourth-order valence-electron chi connectivity index (χ4n) is 3.14. The van der Waals surface area contributed by atoms with Crippen LogP contribution >= 0.6 is 0 Å². The lowest BCUT2D eigenvalue weighted by Gasteiger charge is -2.17. The lowest BCUT2D eigenvalue weighted by atomic mass is 10.0. The molecular weight excluding hydrogens is 258 g/mol. The third kappa shape index (κ3) is 3.11. The fraction of sp³-hybridized carbons (Fsp3) is 0.368. The van der Waals surface area contributed by atoms with E-state index >= 15 is 0 Å². The van der Waals surface area contributed by atoms with Crippen molar-refractivity contribution in [2.45, 2.75) is 38.8 Å². The van der Waals surface area contributed by atoms with Crippen LogP contribution in [-0.4, -0.2) is 7.11 Å². The lowest BCUT2D eigenvalue weighted by Crippen LogP contribution is -2.18. The molecule has 0 aromatic heterocycles. The summed E-state index contributed by atoms with van der Waals surface area (Å²) in [7, 11) is 1.73. The second kappa shape index (κ2) is 6.31. The summed E-state index contributed by atoms with van der Waals surface area (Å²) >= 11 is 0. The Kier molecular flexibility index (Phi) is 4.26. The van der Waals surface area contributed by atoms with Crippen LogP contribution in [0.1, 0.15) is 41.6 Å². The van der Waals surface area contributed by atoms with Gasteiger partial charge in [0.25, 0.3) is 0 Å². The first-order chi connectivity index (χ1) is 10.3. The average molecular weight is 281 g/mol. The highest BCUT2D eigenvalue weighted by molar-refractivity contribution is 5.37. The highest BCUT2D eigenvalue weighted by atomic mass is 16.5. The Balaban J connectivity index is 1.67. The number of ether oxygens (including phenoxy) is 1. The van der Waals surface area contributed by atoms with Crippen LogP contribution in [0.3, 0.4) is 0 Å². The van der Waals surface area contributed by atoms with Crippen molar-refractivity contribution in [3.8, 4) is 5.75 Å². The monoisotopic (exact) mass is 281 g/mol. The van der Waals surface area contributed by atoms with Gasteiger partial charge in [-0.2, -0.15) is 0 Å². The van der Waals surface area contributed by atoms with E-state index in [-0.39, 0.29) is 6.04 Å². The Bertz CT molecular complexity index is 621. The highest BCUT2D eigenvalue weighted by Crippen LogP contribution is 2.26. The standard InChI is InChI=1S/C19H23NO/c1-14(18-8-3-4-9-19(18)21-2)20-13-15-10-11-16-6-5-7-17(16)12-15/h3-4,8-12,14,20H,5-7,13H2,1-2H3/t14-/m1/s1. The molecule has 2 aromatic carbocycles. The maximum absolute atomic E-state index is 5.44. The summed E-state index contributed by atoms with van der Waals surface area (Å²) in [6.45, 7) is 3.08. The molecule has 2 aromatic rings. The molecule has 0 heterocycles. The van der Waals surface area contributed by atoms with E-state index in [0.717, 1.165) is 12.3 Å². The second-order valence-electron chi connectivity index (χ2n) is 5.80. The van der Waals surface area contributed by atoms with Gasteiger partial charge >= 0.3 is 0 Å². The molecule has 0 radical (unpaired) electrons. The van der Waals surface area contributed by atoms with Crippen molar-refractivity contribution >= 4 is 0 Å². The summed E-state index contributed by atoms with van der Waals surface area (Å²) in [5.74, 6) is 0.950. The summed E-state index contributed by atoms with van der Waals surface area (Å²) in [6, 6.07) is 15.4. The molecule has 2 heteroatoms. The van der Waals surface area contributed by atoms with Gasteiger partial charge < -0.3 is 10.1 Å². The zero-order valence-corrected chi connectivity index (χ0v) is 12.9. The number of rotatable bonds is 5. The van der Waals surface area contributed by atoms with Gasteiger partial charge in [-0.15, -0.1) is 0 Å². The summed E-state index contributed by atoms with van der Waals surface area (Å²) in [5, 5.41) is 3.60. The molecule has 2 nitrogen and oxygen atoms in total. The van der Waals surface area contributed by atoms with E-state index in [2.05, 4.69) is 42.6 Å². The van der Waals surface area contributed by atoms with Gasteiger partial charge in [0, 0.05) is 18.2 Å². The summed E-state index contributed by atoms with van der Waals surface area (Å²) in [4.78, 5) is 0. The minimum Gasteiger partial charge on any atom is -0.496 e. The van der Waals surface area contributed by atoms with Crippen LogP contribution in [-0.2, 0) is 19.4 Å². The predicted molar refractivity (Wildman–Crippen MR) is 86.7 cm³/mol. The maximum atomic E-state index is 5.44. The van der Waals surface area contributed by atoms with Crippen LogP contribution < -0.4 is 10.1 Å². The number of nitrogens with one attached hydrogen (secondary N) is 1. The molecular formula is C19H23NO. The van der Waals surface area contributed by atoms with Crippen molar-refractivity contribution in [1.82, 2.24) is 5.32 Å². The molecule has 0 saturated carbocycles. The minimum absolute atomic E-state index is 0.273.